The molecule has 0 fully saturated rings. The van der Waals surface area contributed by atoms with E-state index < -0.39 is 0 Å². The fourth-order valence-corrected chi connectivity index (χ4v) is 3.39. The fourth-order valence-electron chi connectivity index (χ4n) is 3.39. The van der Waals surface area contributed by atoms with Crippen LogP contribution in [0.2, 0.25) is 0 Å². The molecular formula is C22H23NO4. The van der Waals surface area contributed by atoms with Gasteiger partial charge in [0, 0.05) is 12.8 Å². The van der Waals surface area contributed by atoms with Crippen molar-refractivity contribution in [2.75, 3.05) is 14.2 Å². The summed E-state index contributed by atoms with van der Waals surface area (Å²) in [5, 5.41) is 10.6. The first-order valence-electron chi connectivity index (χ1n) is 8.81. The summed E-state index contributed by atoms with van der Waals surface area (Å²) in [4.78, 5) is 17.3. The van der Waals surface area contributed by atoms with Crippen molar-refractivity contribution in [3.8, 4) is 11.5 Å². The second-order valence-electron chi connectivity index (χ2n) is 6.50. The number of methoxy groups -OCH3 is 2. The van der Waals surface area contributed by atoms with E-state index in [1.54, 1.807) is 21.1 Å². The molecule has 0 bridgehead atoms. The van der Waals surface area contributed by atoms with Crippen molar-refractivity contribution in [2.24, 2.45) is 4.99 Å². The first kappa shape index (κ1) is 18.7. The van der Waals surface area contributed by atoms with Crippen LogP contribution >= 0.6 is 0 Å². The van der Waals surface area contributed by atoms with E-state index in [4.69, 9.17) is 9.47 Å². The molecule has 2 aromatic rings. The molecule has 0 amide bonds. The summed E-state index contributed by atoms with van der Waals surface area (Å²) >= 11 is 0. The van der Waals surface area contributed by atoms with Crippen LogP contribution < -0.4 is 9.47 Å². The topological polar surface area (TPSA) is 68.1 Å². The Labute approximate surface area is 159 Å². The normalized spacial score (nSPS) is 17.8. The maximum Gasteiger partial charge on any atom is 0.168 e. The predicted molar refractivity (Wildman–Crippen MR) is 105 cm³/mol. The Hall–Kier alpha value is -3.08. The quantitative estimate of drug-likeness (QED) is 0.776. The number of rotatable bonds is 5. The molecule has 0 spiro atoms. The van der Waals surface area contributed by atoms with Gasteiger partial charge in [-0.3, -0.25) is 4.79 Å². The average molecular weight is 365 g/mol. The van der Waals surface area contributed by atoms with Gasteiger partial charge >= 0.3 is 0 Å². The Bertz CT molecular complexity index is 914. The number of aliphatic hydroxyl groups is 1. The van der Waals surface area contributed by atoms with Gasteiger partial charge in [0.1, 0.15) is 22.9 Å². The van der Waals surface area contributed by atoms with Gasteiger partial charge in [-0.25, -0.2) is 4.99 Å². The molecule has 27 heavy (non-hydrogen) atoms. The van der Waals surface area contributed by atoms with Crippen LogP contribution in [-0.2, 0) is 4.79 Å². The second kappa shape index (κ2) is 8.08. The lowest BCUT2D eigenvalue weighted by molar-refractivity contribution is -0.116. The molecule has 1 aliphatic rings. The van der Waals surface area contributed by atoms with Crippen molar-refractivity contribution in [1.29, 1.82) is 0 Å². The van der Waals surface area contributed by atoms with Crippen molar-refractivity contribution in [1.82, 2.24) is 0 Å². The van der Waals surface area contributed by atoms with Crippen molar-refractivity contribution < 1.29 is 19.4 Å². The number of benzene rings is 2. The zero-order valence-corrected chi connectivity index (χ0v) is 15.7. The standard InChI is InChI=1S/C22H23NO4/c1-14(23-18-9-4-5-10-21(18)27-3)22-19(24)12-16(13-20(22)25)15-7-6-8-17(11-15)26-2/h4-11,16,24H,12-13H2,1-3H3. The number of para-hydroxylation sites is 2. The predicted octanol–water partition coefficient (Wildman–Crippen LogP) is 4.76. The van der Waals surface area contributed by atoms with Gasteiger partial charge in [-0.1, -0.05) is 24.3 Å². The summed E-state index contributed by atoms with van der Waals surface area (Å²) in [6, 6.07) is 14.9. The number of aliphatic imine (C=N–C) groups is 1. The lowest BCUT2D eigenvalue weighted by atomic mass is 9.81. The van der Waals surface area contributed by atoms with Crippen LogP contribution in [0.15, 0.2) is 64.9 Å². The Morgan fingerprint density at radius 3 is 2.56 bits per heavy atom. The molecule has 0 saturated carbocycles. The number of carbonyl (C=O) groups excluding carboxylic acids is 1. The van der Waals surface area contributed by atoms with E-state index in [1.165, 1.54) is 0 Å². The van der Waals surface area contributed by atoms with E-state index >= 15 is 0 Å². The van der Waals surface area contributed by atoms with Crippen molar-refractivity contribution >= 4 is 17.2 Å². The number of hydrogen-bond donors (Lipinski definition) is 1. The van der Waals surface area contributed by atoms with E-state index in [-0.39, 0.29) is 17.5 Å². The van der Waals surface area contributed by atoms with Gasteiger partial charge in [-0.05, 0) is 42.7 Å². The molecule has 0 saturated heterocycles. The van der Waals surface area contributed by atoms with Crippen LogP contribution in [0.4, 0.5) is 5.69 Å². The van der Waals surface area contributed by atoms with Crippen molar-refractivity contribution in [3.05, 3.63) is 65.4 Å². The molecule has 1 aliphatic carbocycles. The Morgan fingerprint density at radius 1 is 1.07 bits per heavy atom. The summed E-state index contributed by atoms with van der Waals surface area (Å²) in [5.74, 6) is 1.26. The highest BCUT2D eigenvalue weighted by atomic mass is 16.5. The summed E-state index contributed by atoms with van der Waals surface area (Å²) in [6.45, 7) is 1.74. The van der Waals surface area contributed by atoms with Crippen molar-refractivity contribution in [2.45, 2.75) is 25.7 Å². The zero-order chi connectivity index (χ0) is 19.4. The van der Waals surface area contributed by atoms with Gasteiger partial charge in [0.05, 0.1) is 25.5 Å². The van der Waals surface area contributed by atoms with Gasteiger partial charge in [0.25, 0.3) is 0 Å². The maximum absolute atomic E-state index is 12.8. The molecule has 1 unspecified atom stereocenters. The second-order valence-corrected chi connectivity index (χ2v) is 6.50. The monoisotopic (exact) mass is 365 g/mol. The molecule has 0 aliphatic heterocycles. The Kier molecular flexibility index (Phi) is 5.60. The van der Waals surface area contributed by atoms with Gasteiger partial charge in [-0.15, -0.1) is 0 Å². The minimum atomic E-state index is -0.109. The van der Waals surface area contributed by atoms with Gasteiger partial charge in [-0.2, -0.15) is 0 Å². The number of allylic oxidation sites excluding steroid dienone is 2. The van der Waals surface area contributed by atoms with Gasteiger partial charge in [0.15, 0.2) is 5.78 Å². The van der Waals surface area contributed by atoms with Crippen LogP contribution in [0.3, 0.4) is 0 Å². The molecule has 0 aromatic heterocycles. The lowest BCUT2D eigenvalue weighted by Crippen LogP contribution is -2.22. The molecule has 2 aromatic carbocycles. The number of ketones is 1. The summed E-state index contributed by atoms with van der Waals surface area (Å²) in [7, 11) is 3.18. The largest absolute Gasteiger partial charge is 0.511 e. The minimum absolute atomic E-state index is 0.0737. The van der Waals surface area contributed by atoms with Crippen LogP contribution in [0, 0.1) is 0 Å². The third kappa shape index (κ3) is 4.03. The third-order valence-corrected chi connectivity index (χ3v) is 4.74. The number of aliphatic hydroxyl groups excluding tert-OH is 1. The molecular weight excluding hydrogens is 342 g/mol. The summed E-state index contributed by atoms with van der Waals surface area (Å²) < 4.78 is 10.6. The van der Waals surface area contributed by atoms with Crippen LogP contribution in [0.5, 0.6) is 11.5 Å². The first-order chi connectivity index (χ1) is 13.0. The highest BCUT2D eigenvalue weighted by Gasteiger charge is 2.30. The molecule has 3 rings (SSSR count). The number of carbonyl (C=O) groups is 1. The van der Waals surface area contributed by atoms with Crippen molar-refractivity contribution in [3.63, 3.8) is 0 Å². The van der Waals surface area contributed by atoms with Crippen LogP contribution in [-0.4, -0.2) is 30.8 Å². The smallest absolute Gasteiger partial charge is 0.168 e. The Morgan fingerprint density at radius 2 is 1.85 bits per heavy atom. The number of hydrogen-bond acceptors (Lipinski definition) is 5. The lowest BCUT2D eigenvalue weighted by Gasteiger charge is -2.24. The number of Topliss-reactive ketones (excluding diaryl/α,β-unsaturated/α-hetero) is 1. The van der Waals surface area contributed by atoms with E-state index in [9.17, 15) is 9.90 Å². The molecule has 140 valence electrons. The highest BCUT2D eigenvalue weighted by molar-refractivity contribution is 6.23. The summed E-state index contributed by atoms with van der Waals surface area (Å²) in [6.07, 6.45) is 0.721. The molecule has 1 atom stereocenters. The van der Waals surface area contributed by atoms with E-state index in [1.807, 2.05) is 48.5 Å². The van der Waals surface area contributed by atoms with E-state index in [0.29, 0.717) is 35.6 Å². The van der Waals surface area contributed by atoms with Crippen LogP contribution in [0.1, 0.15) is 31.2 Å². The highest BCUT2D eigenvalue weighted by Crippen LogP contribution is 2.36. The maximum atomic E-state index is 12.8. The zero-order valence-electron chi connectivity index (χ0n) is 15.7. The van der Waals surface area contributed by atoms with Gasteiger partial charge in [0.2, 0.25) is 0 Å². The number of nitrogens with zero attached hydrogens (tertiary/aromatic N) is 1. The molecule has 1 N–H and O–H groups in total. The minimum Gasteiger partial charge on any atom is -0.511 e. The first-order valence-corrected chi connectivity index (χ1v) is 8.81. The molecule has 5 heteroatoms. The van der Waals surface area contributed by atoms with Crippen LogP contribution in [0.25, 0.3) is 0 Å². The SMILES string of the molecule is COc1cccc(C2CC(=O)C(C(C)=Nc3ccccc3OC)=C(O)C2)c1. The number of ether oxygens (including phenoxy) is 2. The van der Waals surface area contributed by atoms with Gasteiger partial charge < -0.3 is 14.6 Å². The molecule has 0 radical (unpaired) electrons. The Balaban J connectivity index is 1.90. The fraction of sp³-hybridized carbons (Fsp3) is 0.273. The third-order valence-electron chi connectivity index (χ3n) is 4.74. The molecule has 5 nitrogen and oxygen atoms in total. The average Bonchev–Trinajstić information content (AvgIpc) is 2.67. The summed E-state index contributed by atoms with van der Waals surface area (Å²) in [5.41, 5.74) is 2.40. The van der Waals surface area contributed by atoms with E-state index in [0.717, 1.165) is 11.3 Å². The molecule has 0 heterocycles. The van der Waals surface area contributed by atoms with E-state index in [2.05, 4.69) is 4.99 Å².